The van der Waals surface area contributed by atoms with Crippen LogP contribution in [0.5, 0.6) is 0 Å². The molecule has 0 saturated heterocycles. The molecule has 0 unspecified atom stereocenters. The van der Waals surface area contributed by atoms with E-state index in [0.717, 1.165) is 12.0 Å². The molecule has 3 heterocycles. The summed E-state index contributed by atoms with van der Waals surface area (Å²) in [6, 6.07) is 7.81. The maximum Gasteiger partial charge on any atom is 0.285 e. The SMILES string of the molecule is CC(C)c1onc2c(=O)n3c(nc12)N[C@@H](c1ccc(Cl)cc1)CC3. The number of nitrogens with zero attached hydrogens (tertiary/aromatic N) is 3. The lowest BCUT2D eigenvalue weighted by Crippen LogP contribution is -2.32. The number of rotatable bonds is 2. The third-order valence-corrected chi connectivity index (χ3v) is 4.61. The Labute approximate surface area is 143 Å². The minimum Gasteiger partial charge on any atom is -0.358 e. The van der Waals surface area contributed by atoms with E-state index in [1.807, 2.05) is 38.1 Å². The number of halogens is 1. The van der Waals surface area contributed by atoms with E-state index in [-0.39, 0.29) is 17.5 Å². The van der Waals surface area contributed by atoms with Crippen molar-refractivity contribution in [1.29, 1.82) is 0 Å². The normalized spacial score (nSPS) is 17.1. The molecular formula is C17H17ClN4O2. The number of benzene rings is 1. The van der Waals surface area contributed by atoms with Crippen molar-refractivity contribution in [3.63, 3.8) is 0 Å². The van der Waals surface area contributed by atoms with E-state index in [2.05, 4.69) is 15.5 Å². The maximum absolute atomic E-state index is 12.6. The van der Waals surface area contributed by atoms with Crippen molar-refractivity contribution < 1.29 is 4.52 Å². The van der Waals surface area contributed by atoms with Gasteiger partial charge in [-0.15, -0.1) is 0 Å². The summed E-state index contributed by atoms with van der Waals surface area (Å²) in [5.41, 5.74) is 1.81. The number of nitrogens with one attached hydrogen (secondary N) is 1. The lowest BCUT2D eigenvalue weighted by atomic mass is 10.0. The molecule has 1 N–H and O–H groups in total. The molecule has 1 atom stereocenters. The summed E-state index contributed by atoms with van der Waals surface area (Å²) in [5, 5.41) is 7.99. The van der Waals surface area contributed by atoms with Gasteiger partial charge in [-0.25, -0.2) is 4.98 Å². The highest BCUT2D eigenvalue weighted by atomic mass is 35.5. The summed E-state index contributed by atoms with van der Waals surface area (Å²) in [6.07, 6.45) is 0.788. The van der Waals surface area contributed by atoms with E-state index in [0.29, 0.717) is 34.3 Å². The van der Waals surface area contributed by atoms with E-state index < -0.39 is 0 Å². The molecule has 1 aliphatic rings. The zero-order valence-electron chi connectivity index (χ0n) is 13.4. The van der Waals surface area contributed by atoms with Gasteiger partial charge in [-0.05, 0) is 24.1 Å². The fourth-order valence-electron chi connectivity index (χ4n) is 3.06. The van der Waals surface area contributed by atoms with Crippen LogP contribution in [0.25, 0.3) is 11.0 Å². The average molecular weight is 345 g/mol. The smallest absolute Gasteiger partial charge is 0.285 e. The minimum absolute atomic E-state index is 0.0916. The van der Waals surface area contributed by atoms with Crippen LogP contribution in [0.3, 0.4) is 0 Å². The van der Waals surface area contributed by atoms with Crippen LogP contribution in [0.4, 0.5) is 5.95 Å². The summed E-state index contributed by atoms with van der Waals surface area (Å²) >= 11 is 5.96. The van der Waals surface area contributed by atoms with Crippen molar-refractivity contribution >= 4 is 28.6 Å². The Bertz CT molecular complexity index is 959. The Morgan fingerprint density at radius 3 is 2.75 bits per heavy atom. The van der Waals surface area contributed by atoms with Gasteiger partial charge in [0.25, 0.3) is 5.56 Å². The summed E-state index contributed by atoms with van der Waals surface area (Å²) < 4.78 is 6.96. The van der Waals surface area contributed by atoms with Gasteiger partial charge in [0.05, 0.1) is 6.04 Å². The molecule has 0 amide bonds. The first kappa shape index (κ1) is 15.2. The standard InChI is InChI=1S/C17H17ClN4O2/c1-9(2)15-13-14(21-24-15)16(23)22-8-7-12(19-17(22)20-13)10-3-5-11(18)6-4-10/h3-6,9,12H,7-8H2,1-2H3,(H,19,20)/t12-/m1/s1. The number of aromatic nitrogens is 3. The molecule has 0 aliphatic carbocycles. The summed E-state index contributed by atoms with van der Waals surface area (Å²) in [6.45, 7) is 4.56. The van der Waals surface area contributed by atoms with Gasteiger partial charge < -0.3 is 9.84 Å². The molecule has 6 nitrogen and oxygen atoms in total. The van der Waals surface area contributed by atoms with Gasteiger partial charge in [0.15, 0.2) is 11.3 Å². The lowest BCUT2D eigenvalue weighted by molar-refractivity contribution is 0.378. The van der Waals surface area contributed by atoms with Gasteiger partial charge >= 0.3 is 0 Å². The largest absolute Gasteiger partial charge is 0.358 e. The van der Waals surface area contributed by atoms with Crippen molar-refractivity contribution in [1.82, 2.24) is 14.7 Å². The van der Waals surface area contributed by atoms with Crippen LogP contribution in [-0.2, 0) is 6.54 Å². The topological polar surface area (TPSA) is 73.0 Å². The zero-order chi connectivity index (χ0) is 16.8. The Hall–Kier alpha value is -2.34. The highest BCUT2D eigenvalue weighted by Gasteiger charge is 2.25. The van der Waals surface area contributed by atoms with Gasteiger partial charge in [0, 0.05) is 17.5 Å². The molecule has 1 aromatic carbocycles. The molecule has 2 aromatic heterocycles. The molecular weight excluding hydrogens is 328 g/mol. The first-order valence-corrected chi connectivity index (χ1v) is 8.34. The van der Waals surface area contributed by atoms with E-state index >= 15 is 0 Å². The molecule has 7 heteroatoms. The van der Waals surface area contributed by atoms with Crippen LogP contribution in [0, 0.1) is 0 Å². The highest BCUT2D eigenvalue weighted by molar-refractivity contribution is 6.30. The third-order valence-electron chi connectivity index (χ3n) is 4.36. The van der Waals surface area contributed by atoms with E-state index in [1.165, 1.54) is 0 Å². The second-order valence-corrected chi connectivity index (χ2v) is 6.76. The van der Waals surface area contributed by atoms with Crippen molar-refractivity contribution in [2.24, 2.45) is 0 Å². The van der Waals surface area contributed by atoms with Crippen LogP contribution >= 0.6 is 11.6 Å². The summed E-state index contributed by atoms with van der Waals surface area (Å²) in [4.78, 5) is 17.3. The van der Waals surface area contributed by atoms with Crippen molar-refractivity contribution in [2.45, 2.75) is 38.8 Å². The number of hydrogen-bond acceptors (Lipinski definition) is 5. The molecule has 0 bridgehead atoms. The van der Waals surface area contributed by atoms with E-state index in [4.69, 9.17) is 16.1 Å². The predicted octanol–water partition coefficient (Wildman–Crippen LogP) is 3.72. The van der Waals surface area contributed by atoms with E-state index in [1.54, 1.807) is 4.57 Å². The van der Waals surface area contributed by atoms with Crippen molar-refractivity contribution in [2.75, 3.05) is 5.32 Å². The fourth-order valence-corrected chi connectivity index (χ4v) is 3.19. The number of hydrogen-bond donors (Lipinski definition) is 1. The molecule has 0 radical (unpaired) electrons. The Balaban J connectivity index is 1.78. The average Bonchev–Trinajstić information content (AvgIpc) is 2.99. The Morgan fingerprint density at radius 2 is 2.04 bits per heavy atom. The molecule has 24 heavy (non-hydrogen) atoms. The zero-order valence-corrected chi connectivity index (χ0v) is 14.2. The number of fused-ring (bicyclic) bond motifs is 2. The van der Waals surface area contributed by atoms with Gasteiger partial charge in [-0.3, -0.25) is 9.36 Å². The minimum atomic E-state index is -0.160. The Morgan fingerprint density at radius 1 is 1.29 bits per heavy atom. The first-order valence-electron chi connectivity index (χ1n) is 7.96. The van der Waals surface area contributed by atoms with E-state index in [9.17, 15) is 4.79 Å². The molecule has 0 spiro atoms. The maximum atomic E-state index is 12.6. The second-order valence-electron chi connectivity index (χ2n) is 6.33. The van der Waals surface area contributed by atoms with Crippen LogP contribution < -0.4 is 10.9 Å². The summed E-state index contributed by atoms with van der Waals surface area (Å²) in [5.74, 6) is 1.31. The van der Waals surface area contributed by atoms with Crippen LogP contribution in [0.1, 0.15) is 43.6 Å². The molecule has 1 aliphatic heterocycles. The first-order chi connectivity index (χ1) is 11.5. The second kappa shape index (κ2) is 5.63. The highest BCUT2D eigenvalue weighted by Crippen LogP contribution is 2.29. The number of anilines is 1. The Kier molecular flexibility index (Phi) is 3.57. The molecule has 0 fully saturated rings. The molecule has 4 rings (SSSR count). The molecule has 124 valence electrons. The lowest BCUT2D eigenvalue weighted by Gasteiger charge is -2.27. The van der Waals surface area contributed by atoms with Crippen LogP contribution in [-0.4, -0.2) is 14.7 Å². The van der Waals surface area contributed by atoms with Gasteiger partial charge in [-0.2, -0.15) is 0 Å². The van der Waals surface area contributed by atoms with Crippen molar-refractivity contribution in [3.8, 4) is 0 Å². The molecule has 3 aromatic rings. The van der Waals surface area contributed by atoms with Gasteiger partial charge in [0.2, 0.25) is 5.95 Å². The van der Waals surface area contributed by atoms with Crippen molar-refractivity contribution in [3.05, 3.63) is 51.0 Å². The quantitative estimate of drug-likeness (QED) is 0.767. The van der Waals surface area contributed by atoms with Gasteiger partial charge in [0.1, 0.15) is 5.52 Å². The van der Waals surface area contributed by atoms with Crippen LogP contribution in [0.2, 0.25) is 5.02 Å². The van der Waals surface area contributed by atoms with Crippen LogP contribution in [0.15, 0.2) is 33.6 Å². The predicted molar refractivity (Wildman–Crippen MR) is 92.6 cm³/mol. The third kappa shape index (κ3) is 2.38. The monoisotopic (exact) mass is 344 g/mol. The molecule has 0 saturated carbocycles. The fraction of sp³-hybridized carbons (Fsp3) is 0.353. The summed E-state index contributed by atoms with van der Waals surface area (Å²) in [7, 11) is 0. The van der Waals surface area contributed by atoms with Gasteiger partial charge in [-0.1, -0.05) is 42.7 Å².